The fourth-order valence-corrected chi connectivity index (χ4v) is 3.66. The van der Waals surface area contributed by atoms with E-state index in [4.69, 9.17) is 0 Å². The highest BCUT2D eigenvalue weighted by atomic mass is 32.2. The lowest BCUT2D eigenvalue weighted by molar-refractivity contribution is -0.115. The third-order valence-electron chi connectivity index (χ3n) is 3.35. The Morgan fingerprint density at radius 1 is 1.24 bits per heavy atom. The number of carbonyl (C=O) groups excluding carboxylic acids is 1. The van der Waals surface area contributed by atoms with Gasteiger partial charge in [0.15, 0.2) is 9.84 Å². The number of nitrogens with zero attached hydrogens (tertiary/aromatic N) is 2. The Balaban J connectivity index is 1.69. The molecule has 2 aromatic heterocycles. The molecule has 1 amide bonds. The summed E-state index contributed by atoms with van der Waals surface area (Å²) in [6, 6.07) is 9.91. The molecule has 6 nitrogen and oxygen atoms in total. The highest BCUT2D eigenvalue weighted by Crippen LogP contribution is 2.23. The molecule has 1 N–H and O–H groups in total. The number of rotatable bonds is 5. The van der Waals surface area contributed by atoms with Gasteiger partial charge in [-0.15, -0.1) is 11.3 Å². The van der Waals surface area contributed by atoms with Crippen LogP contribution in [0.3, 0.4) is 0 Å². The largest absolute Gasteiger partial charge is 0.326 e. The summed E-state index contributed by atoms with van der Waals surface area (Å²) in [6.07, 6.45) is 4.65. The Kier molecular flexibility index (Phi) is 4.91. The lowest BCUT2D eigenvalue weighted by Crippen LogP contribution is -2.15. The average molecular weight is 373 g/mol. The van der Waals surface area contributed by atoms with Crippen LogP contribution in [0.1, 0.15) is 5.69 Å². The summed E-state index contributed by atoms with van der Waals surface area (Å²) in [5.41, 5.74) is 2.00. The van der Waals surface area contributed by atoms with E-state index in [-0.39, 0.29) is 17.2 Å². The van der Waals surface area contributed by atoms with Crippen molar-refractivity contribution in [3.05, 3.63) is 59.9 Å². The fourth-order valence-electron chi connectivity index (χ4n) is 2.18. The normalized spacial score (nSPS) is 11.2. The van der Waals surface area contributed by atoms with E-state index in [1.54, 1.807) is 24.5 Å². The van der Waals surface area contributed by atoms with Gasteiger partial charge in [0.05, 0.1) is 17.0 Å². The van der Waals surface area contributed by atoms with Gasteiger partial charge in [-0.05, 0) is 30.3 Å². The topological polar surface area (TPSA) is 89.0 Å². The van der Waals surface area contributed by atoms with Crippen LogP contribution in [-0.4, -0.2) is 30.5 Å². The van der Waals surface area contributed by atoms with Crippen molar-refractivity contribution in [3.63, 3.8) is 0 Å². The number of hydrogen-bond acceptors (Lipinski definition) is 6. The molecule has 0 fully saturated rings. The van der Waals surface area contributed by atoms with Crippen LogP contribution < -0.4 is 5.32 Å². The zero-order valence-electron chi connectivity index (χ0n) is 13.3. The van der Waals surface area contributed by atoms with Gasteiger partial charge in [-0.25, -0.2) is 13.4 Å². The number of aromatic nitrogens is 2. The molecule has 3 aromatic rings. The Morgan fingerprint density at radius 3 is 2.80 bits per heavy atom. The summed E-state index contributed by atoms with van der Waals surface area (Å²) in [7, 11) is -3.32. The third kappa shape index (κ3) is 4.49. The average Bonchev–Trinajstić information content (AvgIpc) is 3.03. The number of anilines is 1. The Labute approximate surface area is 149 Å². The Morgan fingerprint density at radius 2 is 2.08 bits per heavy atom. The van der Waals surface area contributed by atoms with Crippen LogP contribution in [0.15, 0.2) is 59.1 Å². The summed E-state index contributed by atoms with van der Waals surface area (Å²) < 4.78 is 23.1. The summed E-state index contributed by atoms with van der Waals surface area (Å²) in [6.45, 7) is 0. The number of benzene rings is 1. The second kappa shape index (κ2) is 7.12. The van der Waals surface area contributed by atoms with Crippen molar-refractivity contribution in [2.45, 2.75) is 11.3 Å². The summed E-state index contributed by atoms with van der Waals surface area (Å²) in [5.74, 6) is -0.256. The maximum absolute atomic E-state index is 12.2. The molecule has 128 valence electrons. The molecule has 0 radical (unpaired) electrons. The highest BCUT2D eigenvalue weighted by Gasteiger charge is 2.11. The maximum atomic E-state index is 12.2. The van der Waals surface area contributed by atoms with Gasteiger partial charge < -0.3 is 5.32 Å². The molecule has 2 heterocycles. The maximum Gasteiger partial charge on any atom is 0.230 e. The number of hydrogen-bond donors (Lipinski definition) is 1. The fraction of sp³-hybridized carbons (Fsp3) is 0.118. The molecule has 0 bridgehead atoms. The van der Waals surface area contributed by atoms with Crippen LogP contribution in [-0.2, 0) is 21.1 Å². The van der Waals surface area contributed by atoms with Crippen molar-refractivity contribution in [2.24, 2.45) is 0 Å². The molecule has 0 aliphatic heterocycles. The van der Waals surface area contributed by atoms with E-state index in [2.05, 4.69) is 15.3 Å². The second-order valence-corrected chi connectivity index (χ2v) is 8.28. The van der Waals surface area contributed by atoms with Crippen LogP contribution in [0, 0.1) is 0 Å². The minimum atomic E-state index is -3.32. The van der Waals surface area contributed by atoms with Gasteiger partial charge in [0.25, 0.3) is 0 Å². The highest BCUT2D eigenvalue weighted by molar-refractivity contribution is 7.90. The first-order chi connectivity index (χ1) is 11.9. The quantitative estimate of drug-likeness (QED) is 0.743. The van der Waals surface area contributed by atoms with Crippen molar-refractivity contribution in [2.75, 3.05) is 11.6 Å². The van der Waals surface area contributed by atoms with Crippen molar-refractivity contribution >= 4 is 32.8 Å². The molecule has 0 atom stereocenters. The van der Waals surface area contributed by atoms with E-state index in [9.17, 15) is 13.2 Å². The Bertz CT molecular complexity index is 999. The van der Waals surface area contributed by atoms with E-state index in [1.807, 2.05) is 17.5 Å². The number of carbonyl (C=O) groups is 1. The molecule has 3 rings (SSSR count). The smallest absolute Gasteiger partial charge is 0.230 e. The van der Waals surface area contributed by atoms with Crippen LogP contribution in [0.25, 0.3) is 10.6 Å². The minimum Gasteiger partial charge on any atom is -0.326 e. The number of nitrogens with one attached hydrogen (secondary N) is 1. The molecule has 25 heavy (non-hydrogen) atoms. The van der Waals surface area contributed by atoms with Crippen LogP contribution in [0.4, 0.5) is 5.69 Å². The van der Waals surface area contributed by atoms with Crippen LogP contribution in [0.5, 0.6) is 0 Å². The summed E-state index contributed by atoms with van der Waals surface area (Å²) >= 11 is 1.45. The van der Waals surface area contributed by atoms with Gasteiger partial charge >= 0.3 is 0 Å². The number of sulfone groups is 1. The molecular weight excluding hydrogens is 358 g/mol. The lowest BCUT2D eigenvalue weighted by Gasteiger charge is -2.06. The van der Waals surface area contributed by atoms with Crippen molar-refractivity contribution in [1.82, 2.24) is 9.97 Å². The van der Waals surface area contributed by atoms with Gasteiger partial charge in [0.1, 0.15) is 5.01 Å². The van der Waals surface area contributed by atoms with Gasteiger partial charge in [0, 0.05) is 35.3 Å². The first-order valence-electron chi connectivity index (χ1n) is 7.36. The number of pyridine rings is 1. The van der Waals surface area contributed by atoms with Crippen LogP contribution in [0.2, 0.25) is 0 Å². The molecule has 8 heteroatoms. The summed E-state index contributed by atoms with van der Waals surface area (Å²) in [4.78, 5) is 20.8. The second-order valence-electron chi connectivity index (χ2n) is 5.41. The molecule has 0 aliphatic carbocycles. The van der Waals surface area contributed by atoms with Gasteiger partial charge in [0.2, 0.25) is 5.91 Å². The van der Waals surface area contributed by atoms with Crippen molar-refractivity contribution in [1.29, 1.82) is 0 Å². The predicted molar refractivity (Wildman–Crippen MR) is 97.2 cm³/mol. The van der Waals surface area contributed by atoms with E-state index in [0.29, 0.717) is 11.4 Å². The number of thiazole rings is 1. The molecule has 1 aromatic carbocycles. The zero-order chi connectivity index (χ0) is 17.9. The van der Waals surface area contributed by atoms with E-state index in [0.717, 1.165) is 16.8 Å². The minimum absolute atomic E-state index is 0.111. The molecule has 0 unspecified atom stereocenters. The molecule has 0 spiro atoms. The van der Waals surface area contributed by atoms with Gasteiger partial charge in [-0.3, -0.25) is 9.78 Å². The lowest BCUT2D eigenvalue weighted by atomic mass is 10.2. The number of amides is 1. The van der Waals surface area contributed by atoms with Gasteiger partial charge in [-0.2, -0.15) is 0 Å². The van der Waals surface area contributed by atoms with Crippen molar-refractivity contribution < 1.29 is 13.2 Å². The monoisotopic (exact) mass is 373 g/mol. The first-order valence-corrected chi connectivity index (χ1v) is 10.1. The zero-order valence-corrected chi connectivity index (χ0v) is 15.0. The van der Waals surface area contributed by atoms with Crippen LogP contribution >= 0.6 is 11.3 Å². The van der Waals surface area contributed by atoms with Gasteiger partial charge in [-0.1, -0.05) is 6.07 Å². The van der Waals surface area contributed by atoms with Crippen molar-refractivity contribution in [3.8, 4) is 10.6 Å². The third-order valence-corrected chi connectivity index (χ3v) is 5.40. The van der Waals surface area contributed by atoms with E-state index >= 15 is 0 Å². The SMILES string of the molecule is CS(=O)(=O)c1cccc(NC(=O)Cc2csc(-c3cccnc3)n2)c1. The Hall–Kier alpha value is -2.58. The van der Waals surface area contributed by atoms with E-state index in [1.165, 1.54) is 23.5 Å². The summed E-state index contributed by atoms with van der Waals surface area (Å²) in [5, 5.41) is 5.33. The molecule has 0 saturated carbocycles. The standard InChI is InChI=1S/C17H15N3O3S2/c1-25(22,23)15-6-2-5-13(8-15)19-16(21)9-14-11-24-17(20-14)12-4-3-7-18-10-12/h2-8,10-11H,9H2,1H3,(H,19,21). The van der Waals surface area contributed by atoms with E-state index < -0.39 is 9.84 Å². The predicted octanol–water partition coefficient (Wildman–Crippen LogP) is 2.79. The molecule has 0 saturated heterocycles. The molecule has 0 aliphatic rings. The molecular formula is C17H15N3O3S2. The first kappa shape index (κ1) is 17.2.